The molecule has 2 saturated heterocycles. The lowest BCUT2D eigenvalue weighted by Crippen LogP contribution is -2.52. The summed E-state index contributed by atoms with van der Waals surface area (Å²) in [6.45, 7) is 6.37. The van der Waals surface area contributed by atoms with E-state index >= 15 is 4.39 Å². The summed E-state index contributed by atoms with van der Waals surface area (Å²) in [5.74, 6) is -0.387. The first kappa shape index (κ1) is 56.7. The molecule has 4 aromatic carbocycles. The van der Waals surface area contributed by atoms with Crippen molar-refractivity contribution in [3.05, 3.63) is 147 Å². The zero-order valence-electron chi connectivity index (χ0n) is 45.5. The third-order valence-corrected chi connectivity index (χ3v) is 15.4. The lowest BCUT2D eigenvalue weighted by Gasteiger charge is -2.35. The van der Waals surface area contributed by atoms with Crippen molar-refractivity contribution in [3.8, 4) is 11.5 Å². The number of ether oxygens (including phenoxy) is 2. The number of halogens is 1. The molecular formula is C59H71FN12O8. The number of benzene rings is 4. The Balaban J connectivity index is 0.704. The van der Waals surface area contributed by atoms with Crippen LogP contribution in [0.2, 0.25) is 0 Å². The highest BCUT2D eigenvalue weighted by atomic mass is 19.1. The van der Waals surface area contributed by atoms with Crippen molar-refractivity contribution in [3.63, 3.8) is 0 Å². The Kier molecular flexibility index (Phi) is 19.3. The second-order valence-corrected chi connectivity index (χ2v) is 20.7. The third kappa shape index (κ3) is 14.4. The maximum Gasteiger partial charge on any atom is 0.272 e. The van der Waals surface area contributed by atoms with Crippen LogP contribution in [0.25, 0.3) is 10.8 Å². The molecule has 5 amide bonds. The highest BCUT2D eigenvalue weighted by Crippen LogP contribution is 2.30. The molecule has 0 bridgehead atoms. The first-order chi connectivity index (χ1) is 38.9. The lowest BCUT2D eigenvalue weighted by molar-refractivity contribution is -0.132. The molecule has 5 N–H and O–H groups in total. The van der Waals surface area contributed by atoms with Crippen LogP contribution in [-0.4, -0.2) is 148 Å². The summed E-state index contributed by atoms with van der Waals surface area (Å²) >= 11 is 0. The van der Waals surface area contributed by atoms with E-state index in [1.54, 1.807) is 58.1 Å². The molecule has 20 nitrogen and oxygen atoms in total. The van der Waals surface area contributed by atoms with Gasteiger partial charge in [0.15, 0.2) is 0 Å². The molecule has 2 aromatic heterocycles. The number of nitrogens with one attached hydrogen (secondary N) is 5. The zero-order valence-corrected chi connectivity index (χ0v) is 45.5. The van der Waals surface area contributed by atoms with Crippen molar-refractivity contribution >= 4 is 40.3 Å². The number of aromatic nitrogens is 5. The molecule has 4 heterocycles. The van der Waals surface area contributed by atoms with Gasteiger partial charge in [0, 0.05) is 87.3 Å². The lowest BCUT2D eigenvalue weighted by atomic mass is 9.83. The number of aromatic amines is 1. The van der Waals surface area contributed by atoms with Crippen LogP contribution in [0.4, 0.5) is 4.39 Å². The number of carbonyl (C=O) groups is 5. The van der Waals surface area contributed by atoms with Gasteiger partial charge in [0.05, 0.1) is 62.7 Å². The number of likely N-dealkylation sites (tertiary alicyclic amines) is 1. The number of piperidine rings is 1. The normalized spacial score (nSPS) is 16.3. The van der Waals surface area contributed by atoms with E-state index in [1.807, 2.05) is 54.3 Å². The average Bonchev–Trinajstić information content (AvgIpc) is 4.06. The van der Waals surface area contributed by atoms with Crippen LogP contribution < -0.4 is 36.3 Å². The van der Waals surface area contributed by atoms with Gasteiger partial charge in [0.25, 0.3) is 17.4 Å². The molecule has 3 aliphatic rings. The second-order valence-electron chi connectivity index (χ2n) is 20.7. The molecule has 2 atom stereocenters. The van der Waals surface area contributed by atoms with Gasteiger partial charge in [-0.05, 0) is 86.1 Å². The molecule has 21 heteroatoms. The molecule has 422 valence electrons. The number of hydrogen-bond donors (Lipinski definition) is 5. The SMILES string of the molecule is CCOc1cc(OC)ccc1CNCC(=O)N1CCCC(c2cccc(C(=O)N[C@@H](C(=O)NCc3cn(CCNCC(=O)N4CCN(C(=O)c5cc(Cc6n[nH]c(=O)c7ccccc67)ccc5F)CC4)nn3)C3CCCCC3)c2)C1. The Labute approximate surface area is 464 Å². The minimum Gasteiger partial charge on any atom is -0.497 e. The molecular weight excluding hydrogens is 1020 g/mol. The maximum atomic E-state index is 15.1. The van der Waals surface area contributed by atoms with Gasteiger partial charge in [-0.1, -0.05) is 66.9 Å². The summed E-state index contributed by atoms with van der Waals surface area (Å²) in [5.41, 5.74) is 3.82. The Morgan fingerprint density at radius 1 is 0.800 bits per heavy atom. The zero-order chi connectivity index (χ0) is 56.0. The van der Waals surface area contributed by atoms with Crippen LogP contribution in [-0.2, 0) is 40.4 Å². The van der Waals surface area contributed by atoms with E-state index in [4.69, 9.17) is 9.47 Å². The van der Waals surface area contributed by atoms with E-state index in [0.717, 1.165) is 61.8 Å². The van der Waals surface area contributed by atoms with E-state index < -0.39 is 17.8 Å². The fourth-order valence-electron chi connectivity index (χ4n) is 11.0. The predicted octanol–water partition coefficient (Wildman–Crippen LogP) is 4.72. The Morgan fingerprint density at radius 2 is 1.57 bits per heavy atom. The monoisotopic (exact) mass is 1090 g/mol. The van der Waals surface area contributed by atoms with Crippen molar-refractivity contribution in [1.82, 2.24) is 61.2 Å². The summed E-state index contributed by atoms with van der Waals surface area (Å²) in [5, 5.41) is 28.9. The van der Waals surface area contributed by atoms with Crippen LogP contribution in [0.5, 0.6) is 11.5 Å². The number of H-pyrrole nitrogens is 1. The van der Waals surface area contributed by atoms with E-state index in [2.05, 4.69) is 41.8 Å². The maximum absolute atomic E-state index is 15.1. The van der Waals surface area contributed by atoms with E-state index in [-0.39, 0.29) is 85.7 Å². The minimum absolute atomic E-state index is 0.0102. The van der Waals surface area contributed by atoms with Crippen molar-refractivity contribution in [2.24, 2.45) is 5.92 Å². The molecule has 0 radical (unpaired) electrons. The predicted molar refractivity (Wildman–Crippen MR) is 297 cm³/mol. The first-order valence-electron chi connectivity index (χ1n) is 27.8. The van der Waals surface area contributed by atoms with Gasteiger partial charge in [-0.25, -0.2) is 9.49 Å². The van der Waals surface area contributed by atoms with Crippen LogP contribution in [0.1, 0.15) is 107 Å². The Hall–Kier alpha value is -8.04. The summed E-state index contributed by atoms with van der Waals surface area (Å²) < 4.78 is 27.9. The molecule has 1 aliphatic carbocycles. The standard InChI is InChI=1S/C59H71FN12O8/c1-3-80-52-32-46(79-2)20-19-43(52)33-62-36-54(74)71-23-10-15-44(37-71)41-13-9-14-42(31-41)56(75)64-55(40-11-5-4-6-12-40)58(77)63-34-45-38-72(68-65-45)24-22-61-35-53(73)69-25-27-70(28-26-69)59(78)49-29-39(18-21-50(49)60)30-51-47-16-7-8-17-48(47)57(76)67-66-51/h7-9,13-14,16-21,29,31-32,38,40,44,55,61-62H,3-6,10-12,15,22-28,30,33-37H2,1-2H3,(H,63,77)(H,64,75)(H,67,76)/t44?,55-/m1/s1. The number of piperazine rings is 1. The van der Waals surface area contributed by atoms with E-state index in [9.17, 15) is 28.8 Å². The number of carbonyl (C=O) groups excluding carboxylic acids is 5. The number of hydrogen-bond acceptors (Lipinski definition) is 13. The average molecular weight is 1100 g/mol. The fraction of sp³-hybridized carbons (Fsp3) is 0.441. The Bertz CT molecular complexity index is 3210. The number of amides is 5. The molecule has 0 spiro atoms. The summed E-state index contributed by atoms with van der Waals surface area (Å²) in [7, 11) is 1.61. The molecule has 80 heavy (non-hydrogen) atoms. The Morgan fingerprint density at radius 3 is 2.38 bits per heavy atom. The van der Waals surface area contributed by atoms with Crippen molar-refractivity contribution in [2.45, 2.75) is 89.9 Å². The number of nitrogens with zero attached hydrogens (tertiary/aromatic N) is 7. The number of rotatable bonds is 22. The first-order valence-corrected chi connectivity index (χ1v) is 27.8. The van der Waals surface area contributed by atoms with Gasteiger partial charge in [-0.3, -0.25) is 33.4 Å². The molecule has 9 rings (SSSR count). The molecule has 1 saturated carbocycles. The highest BCUT2D eigenvalue weighted by Gasteiger charge is 2.33. The van der Waals surface area contributed by atoms with Crippen molar-refractivity contribution < 1.29 is 37.8 Å². The van der Waals surface area contributed by atoms with Gasteiger partial charge >= 0.3 is 0 Å². The topological polar surface area (TPSA) is 238 Å². The summed E-state index contributed by atoms with van der Waals surface area (Å²) in [6.07, 6.45) is 8.42. The van der Waals surface area contributed by atoms with Gasteiger partial charge in [-0.15, -0.1) is 5.10 Å². The quantitative estimate of drug-likeness (QED) is 0.0580. The van der Waals surface area contributed by atoms with Crippen LogP contribution in [0, 0.1) is 11.7 Å². The number of fused-ring (bicyclic) bond motifs is 1. The van der Waals surface area contributed by atoms with E-state index in [1.165, 1.54) is 12.1 Å². The second kappa shape index (κ2) is 27.2. The molecule has 6 aromatic rings. The van der Waals surface area contributed by atoms with Crippen LogP contribution >= 0.6 is 0 Å². The van der Waals surface area contributed by atoms with Crippen LogP contribution in [0.15, 0.2) is 95.9 Å². The molecule has 3 fully saturated rings. The molecule has 2 aliphatic heterocycles. The van der Waals surface area contributed by atoms with Gasteiger partial charge < -0.3 is 45.4 Å². The van der Waals surface area contributed by atoms with Crippen molar-refractivity contribution in [2.75, 3.05) is 72.6 Å². The minimum atomic E-state index is -0.745. The van der Waals surface area contributed by atoms with Crippen LogP contribution in [0.3, 0.4) is 0 Å². The molecule has 1 unspecified atom stereocenters. The summed E-state index contributed by atoms with van der Waals surface area (Å²) in [4.78, 5) is 85.5. The van der Waals surface area contributed by atoms with Gasteiger partial charge in [0.1, 0.15) is 29.1 Å². The smallest absolute Gasteiger partial charge is 0.272 e. The largest absolute Gasteiger partial charge is 0.497 e. The van der Waals surface area contributed by atoms with Crippen molar-refractivity contribution in [1.29, 1.82) is 0 Å². The fourth-order valence-corrected chi connectivity index (χ4v) is 11.0. The highest BCUT2D eigenvalue weighted by molar-refractivity contribution is 5.98. The summed E-state index contributed by atoms with van der Waals surface area (Å²) in [6, 6.07) is 23.9. The number of methoxy groups -OCH3 is 1. The van der Waals surface area contributed by atoms with E-state index in [0.29, 0.717) is 91.5 Å². The van der Waals surface area contributed by atoms with Gasteiger partial charge in [-0.2, -0.15) is 5.10 Å². The van der Waals surface area contributed by atoms with Gasteiger partial charge in [0.2, 0.25) is 17.7 Å². The third-order valence-electron chi connectivity index (χ3n) is 15.4.